The van der Waals surface area contributed by atoms with Crippen molar-refractivity contribution >= 4 is 12.1 Å². The number of carbonyl (C=O) groups excluding carboxylic acids is 2. The molecule has 0 fully saturated rings. The van der Waals surface area contributed by atoms with Crippen molar-refractivity contribution in [1.29, 1.82) is 0 Å². The van der Waals surface area contributed by atoms with Crippen LogP contribution >= 0.6 is 0 Å². The van der Waals surface area contributed by atoms with Crippen molar-refractivity contribution in [2.24, 2.45) is 5.92 Å². The Morgan fingerprint density at radius 2 is 1.52 bits per heavy atom. The van der Waals surface area contributed by atoms with Gasteiger partial charge in [0.1, 0.15) is 12.6 Å². The monoisotopic (exact) mass is 398 g/mol. The summed E-state index contributed by atoms with van der Waals surface area (Å²) in [6.07, 6.45) is 0.0311. The minimum atomic E-state index is -0.495. The number of amides is 1. The molecule has 0 aliphatic heterocycles. The minimum absolute atomic E-state index is 0.154. The van der Waals surface area contributed by atoms with Gasteiger partial charge in [-0.2, -0.15) is 0 Å². The van der Waals surface area contributed by atoms with Gasteiger partial charge in [-0.15, -0.1) is 0 Å². The molecular weight excluding hydrogens is 368 g/mol. The third-order valence-corrected chi connectivity index (χ3v) is 4.67. The highest BCUT2D eigenvalue weighted by atomic mass is 16.5. The highest BCUT2D eigenvalue weighted by molar-refractivity contribution is 5.76. The topological polar surface area (TPSA) is 76.7 Å². The molecule has 0 bridgehead atoms. The Morgan fingerprint density at radius 3 is 2.07 bits per heavy atom. The predicted octanol–water partition coefficient (Wildman–Crippen LogP) is 3.31. The maximum Gasteiger partial charge on any atom is 0.407 e. The van der Waals surface area contributed by atoms with Crippen LogP contribution in [-0.2, 0) is 27.3 Å². The van der Waals surface area contributed by atoms with Gasteiger partial charge in [0.2, 0.25) is 0 Å². The van der Waals surface area contributed by atoms with E-state index >= 15 is 0 Å². The number of alkyl carbamates (subject to hydrolysis) is 1. The summed E-state index contributed by atoms with van der Waals surface area (Å²) in [4.78, 5) is 24.4. The summed E-state index contributed by atoms with van der Waals surface area (Å²) in [6.45, 7) is 4.65. The lowest BCUT2D eigenvalue weighted by Gasteiger charge is -2.25. The summed E-state index contributed by atoms with van der Waals surface area (Å²) in [5.41, 5.74) is 1.96. The van der Waals surface area contributed by atoms with Gasteiger partial charge in [0, 0.05) is 12.6 Å². The fourth-order valence-corrected chi connectivity index (χ4v) is 2.87. The van der Waals surface area contributed by atoms with Crippen LogP contribution in [0, 0.1) is 5.92 Å². The van der Waals surface area contributed by atoms with Crippen molar-refractivity contribution in [2.45, 2.75) is 39.0 Å². The lowest BCUT2D eigenvalue weighted by Crippen LogP contribution is -2.50. The van der Waals surface area contributed by atoms with E-state index < -0.39 is 12.1 Å². The summed E-state index contributed by atoms with van der Waals surface area (Å²) >= 11 is 0. The second-order valence-corrected chi connectivity index (χ2v) is 7.23. The molecule has 6 heteroatoms. The number of nitrogens with one attached hydrogen (secondary N) is 2. The minimum Gasteiger partial charge on any atom is -0.468 e. The highest BCUT2D eigenvalue weighted by Gasteiger charge is 2.23. The van der Waals surface area contributed by atoms with Gasteiger partial charge in [-0.25, -0.2) is 4.79 Å². The molecular formula is C23H30N2O4. The van der Waals surface area contributed by atoms with E-state index in [4.69, 9.17) is 9.47 Å². The molecule has 0 aliphatic carbocycles. The molecule has 0 saturated heterocycles. The molecule has 0 radical (unpaired) electrons. The molecule has 1 amide bonds. The molecule has 0 heterocycles. The van der Waals surface area contributed by atoms with E-state index in [-0.39, 0.29) is 24.5 Å². The molecule has 0 saturated carbocycles. The zero-order valence-corrected chi connectivity index (χ0v) is 17.3. The Morgan fingerprint density at radius 1 is 0.931 bits per heavy atom. The van der Waals surface area contributed by atoms with Gasteiger partial charge in [0.05, 0.1) is 7.11 Å². The van der Waals surface area contributed by atoms with Crippen molar-refractivity contribution in [1.82, 2.24) is 10.6 Å². The van der Waals surface area contributed by atoms with Crippen LogP contribution in [0.25, 0.3) is 0 Å². The molecule has 29 heavy (non-hydrogen) atoms. The van der Waals surface area contributed by atoms with Crippen LogP contribution in [0.3, 0.4) is 0 Å². The summed E-state index contributed by atoms with van der Waals surface area (Å²) in [7, 11) is 1.38. The van der Waals surface area contributed by atoms with Gasteiger partial charge < -0.3 is 20.1 Å². The van der Waals surface area contributed by atoms with E-state index in [9.17, 15) is 9.59 Å². The summed E-state index contributed by atoms with van der Waals surface area (Å²) < 4.78 is 10.2. The van der Waals surface area contributed by atoms with Gasteiger partial charge in [-0.3, -0.25) is 4.79 Å². The quantitative estimate of drug-likeness (QED) is 0.601. The number of hydrogen-bond donors (Lipinski definition) is 2. The zero-order valence-electron chi connectivity index (χ0n) is 17.3. The number of rotatable bonds is 10. The van der Waals surface area contributed by atoms with Crippen LogP contribution in [0.5, 0.6) is 0 Å². The van der Waals surface area contributed by atoms with E-state index in [1.54, 1.807) is 0 Å². The number of hydrogen-bond acceptors (Lipinski definition) is 5. The molecule has 0 aromatic heterocycles. The number of ether oxygens (including phenoxy) is 2. The maximum atomic E-state index is 12.2. The molecule has 0 spiro atoms. The Labute approximate surface area is 172 Å². The first-order valence-corrected chi connectivity index (χ1v) is 9.82. The standard InChI is InChI=1S/C23H30N2O4/c1-17(2)21(25-23(27)29-16-19-12-8-5-9-13-19)15-24-20(22(26)28-3)14-18-10-6-4-7-11-18/h4-13,17,20-21,24H,14-16H2,1-3H3,(H,25,27)/t20-,21+/m0/s1. The van der Waals surface area contributed by atoms with E-state index in [1.807, 2.05) is 74.5 Å². The summed E-state index contributed by atoms with van der Waals surface area (Å²) in [6, 6.07) is 18.6. The van der Waals surface area contributed by atoms with E-state index in [0.29, 0.717) is 13.0 Å². The van der Waals surface area contributed by atoms with Crippen LogP contribution in [0.1, 0.15) is 25.0 Å². The van der Waals surface area contributed by atoms with Gasteiger partial charge >= 0.3 is 12.1 Å². The van der Waals surface area contributed by atoms with Crippen molar-refractivity contribution < 1.29 is 19.1 Å². The maximum absolute atomic E-state index is 12.2. The van der Waals surface area contributed by atoms with Gasteiger partial charge in [0.15, 0.2) is 0 Å². The van der Waals surface area contributed by atoms with Gasteiger partial charge in [-0.05, 0) is 23.5 Å². The molecule has 0 unspecified atom stereocenters. The lowest BCUT2D eigenvalue weighted by molar-refractivity contribution is -0.143. The van der Waals surface area contributed by atoms with Crippen molar-refractivity contribution in [3.8, 4) is 0 Å². The number of benzene rings is 2. The van der Waals surface area contributed by atoms with Crippen LogP contribution < -0.4 is 10.6 Å². The molecule has 2 N–H and O–H groups in total. The average Bonchev–Trinajstić information content (AvgIpc) is 2.74. The normalized spacial score (nSPS) is 12.8. The lowest BCUT2D eigenvalue weighted by atomic mass is 10.0. The molecule has 6 nitrogen and oxygen atoms in total. The smallest absolute Gasteiger partial charge is 0.407 e. The Kier molecular flexibility index (Phi) is 9.18. The second kappa shape index (κ2) is 11.9. The van der Waals surface area contributed by atoms with Crippen molar-refractivity contribution in [2.75, 3.05) is 13.7 Å². The van der Waals surface area contributed by atoms with E-state index in [1.165, 1.54) is 7.11 Å². The number of carbonyl (C=O) groups is 2. The van der Waals surface area contributed by atoms with Crippen LogP contribution in [0.2, 0.25) is 0 Å². The summed E-state index contributed by atoms with van der Waals surface area (Å²) in [5, 5.41) is 6.12. The van der Waals surface area contributed by atoms with Gasteiger partial charge in [-0.1, -0.05) is 74.5 Å². The number of esters is 1. The zero-order chi connectivity index (χ0) is 21.1. The SMILES string of the molecule is COC(=O)[C@H](Cc1ccccc1)NC[C@@H](NC(=O)OCc1ccccc1)C(C)C. The predicted molar refractivity (Wildman–Crippen MR) is 112 cm³/mol. The molecule has 0 aliphatic rings. The fraction of sp³-hybridized carbons (Fsp3) is 0.391. The van der Waals surface area contributed by atoms with Gasteiger partial charge in [0.25, 0.3) is 0 Å². The molecule has 2 aromatic rings. The molecule has 2 aromatic carbocycles. The average molecular weight is 399 g/mol. The molecule has 2 rings (SSSR count). The first-order chi connectivity index (χ1) is 14.0. The van der Waals surface area contributed by atoms with Crippen molar-refractivity contribution in [3.63, 3.8) is 0 Å². The third-order valence-electron chi connectivity index (χ3n) is 4.67. The first kappa shape index (κ1) is 22.4. The largest absolute Gasteiger partial charge is 0.468 e. The Balaban J connectivity index is 1.89. The number of methoxy groups -OCH3 is 1. The van der Waals surface area contributed by atoms with Crippen LogP contribution in [0.4, 0.5) is 4.79 Å². The Bertz CT molecular complexity index is 750. The van der Waals surface area contributed by atoms with Crippen LogP contribution in [0.15, 0.2) is 60.7 Å². The first-order valence-electron chi connectivity index (χ1n) is 9.82. The Hall–Kier alpha value is -2.86. The van der Waals surface area contributed by atoms with E-state index in [0.717, 1.165) is 11.1 Å². The molecule has 2 atom stereocenters. The highest BCUT2D eigenvalue weighted by Crippen LogP contribution is 2.07. The molecule has 156 valence electrons. The second-order valence-electron chi connectivity index (χ2n) is 7.23. The van der Waals surface area contributed by atoms with Crippen LogP contribution in [-0.4, -0.2) is 37.8 Å². The fourth-order valence-electron chi connectivity index (χ4n) is 2.87. The van der Waals surface area contributed by atoms with E-state index in [2.05, 4.69) is 10.6 Å². The summed E-state index contributed by atoms with van der Waals surface area (Å²) in [5.74, 6) is -0.176. The third kappa shape index (κ3) is 7.95. The van der Waals surface area contributed by atoms with Crippen molar-refractivity contribution in [3.05, 3.63) is 71.8 Å².